The van der Waals surface area contributed by atoms with E-state index in [4.69, 9.17) is 0 Å². The molecule has 1 nitrogen and oxygen atoms in total. The van der Waals surface area contributed by atoms with Gasteiger partial charge in [-0.25, -0.2) is 8.78 Å². The van der Waals surface area contributed by atoms with Crippen molar-refractivity contribution in [2.75, 3.05) is 0 Å². The summed E-state index contributed by atoms with van der Waals surface area (Å²) in [5.41, 5.74) is 0.407. The molecule has 14 heavy (non-hydrogen) atoms. The molecular weight excluding hydrogens is 184 g/mol. The second-order valence-corrected chi connectivity index (χ2v) is 3.94. The third kappa shape index (κ3) is 2.10. The van der Waals surface area contributed by atoms with E-state index in [0.29, 0.717) is 24.1 Å². The zero-order chi connectivity index (χ0) is 10.1. The van der Waals surface area contributed by atoms with E-state index in [1.165, 1.54) is 12.1 Å². The minimum Gasteiger partial charge on any atom is -0.310 e. The van der Waals surface area contributed by atoms with Gasteiger partial charge in [-0.05, 0) is 30.5 Å². The van der Waals surface area contributed by atoms with Gasteiger partial charge < -0.3 is 5.32 Å². The summed E-state index contributed by atoms with van der Waals surface area (Å²) in [7, 11) is 0. The molecule has 1 N–H and O–H groups in total. The summed E-state index contributed by atoms with van der Waals surface area (Å²) >= 11 is 0. The lowest BCUT2D eigenvalue weighted by Gasteiger charge is -2.04. The lowest BCUT2D eigenvalue weighted by atomic mass is 10.2. The van der Waals surface area contributed by atoms with Gasteiger partial charge in [0.15, 0.2) is 0 Å². The Kier molecular flexibility index (Phi) is 2.50. The van der Waals surface area contributed by atoms with E-state index in [9.17, 15) is 8.78 Å². The summed E-state index contributed by atoms with van der Waals surface area (Å²) in [5, 5.41) is 3.18. The first kappa shape index (κ1) is 9.59. The van der Waals surface area contributed by atoms with Crippen molar-refractivity contribution in [3.8, 4) is 0 Å². The maximum Gasteiger partial charge on any atom is 0.127 e. The monoisotopic (exact) mass is 197 g/mol. The minimum atomic E-state index is -0.382. The molecule has 1 saturated carbocycles. The van der Waals surface area contributed by atoms with E-state index >= 15 is 0 Å². The van der Waals surface area contributed by atoms with Crippen molar-refractivity contribution >= 4 is 0 Å². The average Bonchev–Trinajstić information content (AvgIpc) is 2.84. The fraction of sp³-hybridized carbons (Fsp3) is 0.455. The topological polar surface area (TPSA) is 12.0 Å². The SMILES string of the molecule is CC1CC1NCc1cc(F)ccc1F. The molecule has 0 radical (unpaired) electrons. The molecule has 0 aromatic heterocycles. The molecule has 0 bridgehead atoms. The van der Waals surface area contributed by atoms with Gasteiger partial charge >= 0.3 is 0 Å². The average molecular weight is 197 g/mol. The Balaban J connectivity index is 1.97. The number of rotatable bonds is 3. The Morgan fingerprint density at radius 3 is 2.79 bits per heavy atom. The first-order chi connectivity index (χ1) is 6.66. The second-order valence-electron chi connectivity index (χ2n) is 3.94. The summed E-state index contributed by atoms with van der Waals surface area (Å²) in [6.07, 6.45) is 1.14. The molecule has 0 spiro atoms. The molecule has 1 aromatic rings. The van der Waals surface area contributed by atoms with Gasteiger partial charge in [0.1, 0.15) is 11.6 Å². The fourth-order valence-corrected chi connectivity index (χ4v) is 1.53. The summed E-state index contributed by atoms with van der Waals surface area (Å²) < 4.78 is 25.9. The zero-order valence-corrected chi connectivity index (χ0v) is 8.06. The molecule has 0 saturated heterocycles. The first-order valence-electron chi connectivity index (χ1n) is 4.84. The largest absolute Gasteiger partial charge is 0.310 e. The third-order valence-corrected chi connectivity index (χ3v) is 2.67. The lowest BCUT2D eigenvalue weighted by molar-refractivity contribution is 0.563. The number of halogens is 2. The van der Waals surface area contributed by atoms with E-state index in [1.807, 2.05) is 0 Å². The van der Waals surface area contributed by atoms with Crippen LogP contribution in [0.1, 0.15) is 18.9 Å². The smallest absolute Gasteiger partial charge is 0.127 e. The number of hydrogen-bond acceptors (Lipinski definition) is 1. The summed E-state index contributed by atoms with van der Waals surface area (Å²) in [6, 6.07) is 4.04. The predicted molar refractivity (Wildman–Crippen MR) is 50.8 cm³/mol. The molecule has 0 heterocycles. The second kappa shape index (κ2) is 3.65. The van der Waals surface area contributed by atoms with Crippen LogP contribution in [-0.2, 0) is 6.54 Å². The summed E-state index contributed by atoms with van der Waals surface area (Å²) in [6.45, 7) is 2.55. The van der Waals surface area contributed by atoms with Crippen LogP contribution < -0.4 is 5.32 Å². The van der Waals surface area contributed by atoms with Gasteiger partial charge in [0.2, 0.25) is 0 Å². The molecule has 0 amide bonds. The van der Waals surface area contributed by atoms with Crippen molar-refractivity contribution in [2.24, 2.45) is 5.92 Å². The molecule has 1 aromatic carbocycles. The van der Waals surface area contributed by atoms with Crippen LogP contribution in [-0.4, -0.2) is 6.04 Å². The highest BCUT2D eigenvalue weighted by Crippen LogP contribution is 2.29. The number of benzene rings is 1. The normalized spacial score (nSPS) is 25.1. The maximum absolute atomic E-state index is 13.1. The van der Waals surface area contributed by atoms with Gasteiger partial charge in [-0.1, -0.05) is 6.92 Å². The van der Waals surface area contributed by atoms with Gasteiger partial charge in [-0.3, -0.25) is 0 Å². The number of nitrogens with one attached hydrogen (secondary N) is 1. The Morgan fingerprint density at radius 1 is 1.43 bits per heavy atom. The summed E-state index contributed by atoms with van der Waals surface area (Å²) in [4.78, 5) is 0. The highest BCUT2D eigenvalue weighted by molar-refractivity contribution is 5.18. The van der Waals surface area contributed by atoms with Crippen LogP contribution in [0.3, 0.4) is 0 Å². The molecule has 1 fully saturated rings. The minimum absolute atomic E-state index is 0.341. The Bertz CT molecular complexity index is 338. The van der Waals surface area contributed by atoms with Crippen LogP contribution in [0.5, 0.6) is 0 Å². The van der Waals surface area contributed by atoms with Crippen LogP contribution in [0, 0.1) is 17.6 Å². The van der Waals surface area contributed by atoms with Crippen molar-refractivity contribution in [1.29, 1.82) is 0 Å². The van der Waals surface area contributed by atoms with Crippen molar-refractivity contribution in [3.63, 3.8) is 0 Å². The van der Waals surface area contributed by atoms with Gasteiger partial charge in [0.25, 0.3) is 0 Å². The summed E-state index contributed by atoms with van der Waals surface area (Å²) in [5.74, 6) is -0.0501. The predicted octanol–water partition coefficient (Wildman–Crippen LogP) is 2.46. The molecule has 1 aliphatic rings. The standard InChI is InChI=1S/C11H13F2N/c1-7-4-11(7)14-6-8-5-9(12)2-3-10(8)13/h2-3,5,7,11,14H,4,6H2,1H3. The van der Waals surface area contributed by atoms with Crippen LogP contribution in [0.4, 0.5) is 8.78 Å². The van der Waals surface area contributed by atoms with E-state index in [1.54, 1.807) is 0 Å². The van der Waals surface area contributed by atoms with Crippen molar-refractivity contribution in [1.82, 2.24) is 5.32 Å². The van der Waals surface area contributed by atoms with Crippen molar-refractivity contribution < 1.29 is 8.78 Å². The molecule has 76 valence electrons. The number of hydrogen-bond donors (Lipinski definition) is 1. The van der Waals surface area contributed by atoms with Gasteiger partial charge in [-0.2, -0.15) is 0 Å². The maximum atomic E-state index is 13.1. The molecule has 1 aliphatic carbocycles. The molecule has 3 heteroatoms. The Labute approximate surface area is 82.1 Å². The van der Waals surface area contributed by atoms with Gasteiger partial charge in [0, 0.05) is 18.2 Å². The van der Waals surface area contributed by atoms with Crippen LogP contribution in [0.2, 0.25) is 0 Å². The highest BCUT2D eigenvalue weighted by atomic mass is 19.1. The van der Waals surface area contributed by atoms with E-state index in [2.05, 4.69) is 12.2 Å². The van der Waals surface area contributed by atoms with E-state index in [0.717, 1.165) is 12.5 Å². The molecule has 2 atom stereocenters. The molecular formula is C11H13F2N. The molecule has 0 aliphatic heterocycles. The third-order valence-electron chi connectivity index (χ3n) is 2.67. The highest BCUT2D eigenvalue weighted by Gasteiger charge is 2.31. The van der Waals surface area contributed by atoms with Gasteiger partial charge in [-0.15, -0.1) is 0 Å². The lowest BCUT2D eigenvalue weighted by Crippen LogP contribution is -2.17. The van der Waals surface area contributed by atoms with E-state index < -0.39 is 0 Å². The van der Waals surface area contributed by atoms with Crippen molar-refractivity contribution in [2.45, 2.75) is 25.9 Å². The fourth-order valence-electron chi connectivity index (χ4n) is 1.53. The van der Waals surface area contributed by atoms with Crippen LogP contribution >= 0.6 is 0 Å². The van der Waals surface area contributed by atoms with Gasteiger partial charge in [0.05, 0.1) is 0 Å². The molecule has 2 unspecified atom stereocenters. The molecule has 2 rings (SSSR count). The van der Waals surface area contributed by atoms with Crippen molar-refractivity contribution in [3.05, 3.63) is 35.4 Å². The van der Waals surface area contributed by atoms with E-state index in [-0.39, 0.29) is 11.6 Å². The quantitative estimate of drug-likeness (QED) is 0.784. The Morgan fingerprint density at radius 2 is 2.14 bits per heavy atom. The Hall–Kier alpha value is -0.960. The van der Waals surface area contributed by atoms with Crippen LogP contribution in [0.15, 0.2) is 18.2 Å². The first-order valence-corrected chi connectivity index (χ1v) is 4.84. The van der Waals surface area contributed by atoms with Crippen LogP contribution in [0.25, 0.3) is 0 Å². The zero-order valence-electron chi connectivity index (χ0n) is 8.06.